The van der Waals surface area contributed by atoms with Crippen molar-refractivity contribution >= 4 is 0 Å². The molecule has 2 saturated carbocycles. The van der Waals surface area contributed by atoms with E-state index >= 15 is 0 Å². The zero-order valence-electron chi connectivity index (χ0n) is 12.9. The number of nitrogens with zero attached hydrogens (tertiary/aromatic N) is 3. The van der Waals surface area contributed by atoms with E-state index in [-0.39, 0.29) is 5.54 Å². The third kappa shape index (κ3) is 3.00. The molecule has 2 aliphatic carbocycles. The van der Waals surface area contributed by atoms with Crippen LogP contribution in [0, 0.1) is 17.2 Å². The van der Waals surface area contributed by atoms with Crippen molar-refractivity contribution in [2.75, 3.05) is 32.7 Å². The smallest absolute Gasteiger partial charge is 0.122 e. The van der Waals surface area contributed by atoms with Gasteiger partial charge in [-0.25, -0.2) is 0 Å². The van der Waals surface area contributed by atoms with E-state index in [2.05, 4.69) is 35.0 Å². The highest BCUT2D eigenvalue weighted by atomic mass is 15.3. The fourth-order valence-electron chi connectivity index (χ4n) is 3.66. The summed E-state index contributed by atoms with van der Waals surface area (Å²) in [6.07, 6.45) is 4.99. The Bertz CT molecular complexity index is 382. The van der Waals surface area contributed by atoms with Crippen LogP contribution in [-0.4, -0.2) is 60.1 Å². The van der Waals surface area contributed by atoms with Crippen molar-refractivity contribution < 1.29 is 0 Å². The Kier molecular flexibility index (Phi) is 4.03. The zero-order chi connectivity index (χ0) is 14.2. The minimum Gasteiger partial charge on any atom is -0.298 e. The fraction of sp³-hybridized carbons (Fsp3) is 0.938. The molecule has 0 aromatic heterocycles. The number of rotatable bonds is 6. The van der Waals surface area contributed by atoms with Crippen molar-refractivity contribution in [2.24, 2.45) is 5.92 Å². The minimum atomic E-state index is -0.269. The SMILES string of the molecule is CCN1CCN(CC(C#N)(NC2CC2)C2CC2)CC1C. The van der Waals surface area contributed by atoms with Gasteiger partial charge in [-0.15, -0.1) is 0 Å². The first-order chi connectivity index (χ1) is 9.66. The van der Waals surface area contributed by atoms with Crippen molar-refractivity contribution in [3.8, 4) is 6.07 Å². The van der Waals surface area contributed by atoms with E-state index in [0.717, 1.165) is 32.7 Å². The Morgan fingerprint density at radius 3 is 2.50 bits per heavy atom. The molecular weight excluding hydrogens is 248 g/mol. The maximum Gasteiger partial charge on any atom is 0.122 e. The highest BCUT2D eigenvalue weighted by Gasteiger charge is 2.49. The molecule has 3 rings (SSSR count). The van der Waals surface area contributed by atoms with Gasteiger partial charge in [0, 0.05) is 38.3 Å². The van der Waals surface area contributed by atoms with E-state index in [9.17, 15) is 5.26 Å². The number of hydrogen-bond donors (Lipinski definition) is 1. The molecule has 3 fully saturated rings. The fourth-order valence-corrected chi connectivity index (χ4v) is 3.66. The molecule has 20 heavy (non-hydrogen) atoms. The van der Waals surface area contributed by atoms with Gasteiger partial charge < -0.3 is 0 Å². The van der Waals surface area contributed by atoms with Crippen LogP contribution in [0.15, 0.2) is 0 Å². The normalized spacial score (nSPS) is 31.8. The summed E-state index contributed by atoms with van der Waals surface area (Å²) in [5, 5.41) is 13.5. The van der Waals surface area contributed by atoms with E-state index in [1.165, 1.54) is 25.7 Å². The van der Waals surface area contributed by atoms with Gasteiger partial charge in [0.2, 0.25) is 0 Å². The van der Waals surface area contributed by atoms with Crippen molar-refractivity contribution in [3.05, 3.63) is 0 Å². The maximum absolute atomic E-state index is 9.81. The maximum atomic E-state index is 9.81. The van der Waals surface area contributed by atoms with Gasteiger partial charge in [-0.05, 0) is 45.1 Å². The topological polar surface area (TPSA) is 42.3 Å². The molecule has 3 aliphatic rings. The molecule has 1 N–H and O–H groups in total. The quantitative estimate of drug-likeness (QED) is 0.797. The molecule has 1 heterocycles. The van der Waals surface area contributed by atoms with E-state index < -0.39 is 0 Å². The Morgan fingerprint density at radius 1 is 1.25 bits per heavy atom. The van der Waals surface area contributed by atoms with Crippen LogP contribution in [0.25, 0.3) is 0 Å². The molecular formula is C16H28N4. The average Bonchev–Trinajstić information content (AvgIpc) is 3.30. The highest BCUT2D eigenvalue weighted by Crippen LogP contribution is 2.42. The summed E-state index contributed by atoms with van der Waals surface area (Å²) in [4.78, 5) is 5.06. The van der Waals surface area contributed by atoms with Gasteiger partial charge in [0.05, 0.1) is 6.07 Å². The van der Waals surface area contributed by atoms with Gasteiger partial charge in [0.25, 0.3) is 0 Å². The van der Waals surface area contributed by atoms with Crippen LogP contribution in [0.1, 0.15) is 39.5 Å². The van der Waals surface area contributed by atoms with Crippen molar-refractivity contribution in [1.29, 1.82) is 5.26 Å². The summed E-state index contributed by atoms with van der Waals surface area (Å²) < 4.78 is 0. The van der Waals surface area contributed by atoms with Crippen LogP contribution in [0.4, 0.5) is 0 Å². The predicted octanol–water partition coefficient (Wildman–Crippen LogP) is 1.44. The molecule has 4 heteroatoms. The highest BCUT2D eigenvalue weighted by molar-refractivity contribution is 5.18. The Hall–Kier alpha value is -0.630. The number of piperazine rings is 1. The molecule has 112 valence electrons. The lowest BCUT2D eigenvalue weighted by atomic mass is 9.93. The summed E-state index contributed by atoms with van der Waals surface area (Å²) in [5.74, 6) is 0.590. The van der Waals surface area contributed by atoms with Gasteiger partial charge >= 0.3 is 0 Å². The lowest BCUT2D eigenvalue weighted by Crippen LogP contribution is -2.60. The molecule has 0 bridgehead atoms. The van der Waals surface area contributed by atoms with Gasteiger partial charge in [-0.2, -0.15) is 5.26 Å². The summed E-state index contributed by atoms with van der Waals surface area (Å²) in [7, 11) is 0. The largest absolute Gasteiger partial charge is 0.298 e. The van der Waals surface area contributed by atoms with Gasteiger partial charge in [-0.1, -0.05) is 6.92 Å². The third-order valence-electron chi connectivity index (χ3n) is 5.24. The molecule has 0 aromatic rings. The lowest BCUT2D eigenvalue weighted by Gasteiger charge is -2.42. The van der Waals surface area contributed by atoms with Gasteiger partial charge in [-0.3, -0.25) is 15.1 Å². The standard InChI is InChI=1S/C16H28N4/c1-3-20-9-8-19(10-13(20)2)12-16(11-17,14-4-5-14)18-15-6-7-15/h13-15,18H,3-10,12H2,1-2H3. The second-order valence-corrected chi connectivity index (χ2v) is 6.99. The average molecular weight is 276 g/mol. The molecule has 2 unspecified atom stereocenters. The molecule has 0 radical (unpaired) electrons. The zero-order valence-corrected chi connectivity index (χ0v) is 12.9. The van der Waals surface area contributed by atoms with E-state index in [0.29, 0.717) is 18.0 Å². The van der Waals surface area contributed by atoms with E-state index in [1.807, 2.05) is 0 Å². The second-order valence-electron chi connectivity index (χ2n) is 6.99. The van der Waals surface area contributed by atoms with E-state index in [4.69, 9.17) is 0 Å². The van der Waals surface area contributed by atoms with E-state index in [1.54, 1.807) is 0 Å². The summed E-state index contributed by atoms with van der Waals surface area (Å²) in [6.45, 7) is 9.98. The first-order valence-electron chi connectivity index (χ1n) is 8.32. The molecule has 0 aromatic carbocycles. The number of hydrogen-bond acceptors (Lipinski definition) is 4. The summed E-state index contributed by atoms with van der Waals surface area (Å²) >= 11 is 0. The van der Waals surface area contributed by atoms with Crippen molar-refractivity contribution in [1.82, 2.24) is 15.1 Å². The first-order valence-corrected chi connectivity index (χ1v) is 8.32. The number of nitrogens with one attached hydrogen (secondary N) is 1. The monoisotopic (exact) mass is 276 g/mol. The van der Waals surface area contributed by atoms with Crippen LogP contribution in [0.3, 0.4) is 0 Å². The molecule has 4 nitrogen and oxygen atoms in total. The van der Waals surface area contributed by atoms with Crippen LogP contribution in [-0.2, 0) is 0 Å². The predicted molar refractivity (Wildman–Crippen MR) is 80.4 cm³/mol. The lowest BCUT2D eigenvalue weighted by molar-refractivity contribution is 0.0699. The first kappa shape index (κ1) is 14.3. The molecule has 1 aliphatic heterocycles. The molecule has 1 saturated heterocycles. The summed E-state index contributed by atoms with van der Waals surface area (Å²) in [5.41, 5.74) is -0.269. The Morgan fingerprint density at radius 2 is 2.00 bits per heavy atom. The second kappa shape index (κ2) is 5.63. The van der Waals surface area contributed by atoms with Crippen molar-refractivity contribution in [3.63, 3.8) is 0 Å². The van der Waals surface area contributed by atoms with Crippen LogP contribution in [0.5, 0.6) is 0 Å². The van der Waals surface area contributed by atoms with Gasteiger partial charge in [0.15, 0.2) is 0 Å². The minimum absolute atomic E-state index is 0.269. The van der Waals surface area contributed by atoms with Crippen LogP contribution < -0.4 is 5.32 Å². The van der Waals surface area contributed by atoms with Crippen molar-refractivity contribution in [2.45, 2.75) is 57.2 Å². The molecule has 0 spiro atoms. The van der Waals surface area contributed by atoms with Crippen LogP contribution in [0.2, 0.25) is 0 Å². The third-order valence-corrected chi connectivity index (χ3v) is 5.24. The Balaban J connectivity index is 1.63. The summed E-state index contributed by atoms with van der Waals surface area (Å²) in [6, 6.07) is 3.90. The Labute approximate surface area is 123 Å². The number of likely N-dealkylation sites (N-methyl/N-ethyl adjacent to an activating group) is 1. The number of nitriles is 1. The molecule has 0 amide bonds. The van der Waals surface area contributed by atoms with Gasteiger partial charge in [0.1, 0.15) is 5.54 Å². The van der Waals surface area contributed by atoms with Crippen LogP contribution >= 0.6 is 0 Å². The molecule has 2 atom stereocenters.